The Labute approximate surface area is 161 Å². The van der Waals surface area contributed by atoms with E-state index in [0.717, 1.165) is 10.9 Å². The van der Waals surface area contributed by atoms with Crippen molar-refractivity contribution in [3.05, 3.63) is 64.4 Å². The van der Waals surface area contributed by atoms with E-state index in [1.165, 1.54) is 0 Å². The molecule has 27 heavy (non-hydrogen) atoms. The van der Waals surface area contributed by atoms with E-state index in [9.17, 15) is 9.59 Å². The first-order valence-corrected chi connectivity index (χ1v) is 8.71. The highest BCUT2D eigenvalue weighted by molar-refractivity contribution is 6.31. The van der Waals surface area contributed by atoms with Crippen LogP contribution in [0.15, 0.2) is 46.9 Å². The van der Waals surface area contributed by atoms with Crippen LogP contribution < -0.4 is 10.6 Å². The molecule has 3 rings (SSSR count). The van der Waals surface area contributed by atoms with Crippen LogP contribution in [-0.4, -0.2) is 25.5 Å². The van der Waals surface area contributed by atoms with Crippen LogP contribution >= 0.6 is 11.6 Å². The maximum absolute atomic E-state index is 12.5. The molecule has 2 amide bonds. The van der Waals surface area contributed by atoms with Crippen LogP contribution in [0, 0.1) is 6.92 Å². The van der Waals surface area contributed by atoms with E-state index in [4.69, 9.17) is 20.8 Å². The van der Waals surface area contributed by atoms with Gasteiger partial charge in [-0.3, -0.25) is 9.59 Å². The molecule has 1 heterocycles. The van der Waals surface area contributed by atoms with Gasteiger partial charge in [0.25, 0.3) is 5.91 Å². The zero-order valence-electron chi connectivity index (χ0n) is 15.0. The van der Waals surface area contributed by atoms with Crippen molar-refractivity contribution >= 4 is 40.1 Å². The van der Waals surface area contributed by atoms with Crippen LogP contribution in [0.4, 0.5) is 5.69 Å². The van der Waals surface area contributed by atoms with Crippen LogP contribution in [0.1, 0.15) is 21.7 Å². The summed E-state index contributed by atoms with van der Waals surface area (Å²) in [6.07, 6.45) is 0. The molecule has 0 radical (unpaired) electrons. The lowest BCUT2D eigenvalue weighted by Gasteiger charge is -2.10. The Morgan fingerprint density at radius 2 is 1.93 bits per heavy atom. The summed E-state index contributed by atoms with van der Waals surface area (Å²) >= 11 is 6.05. The Kier molecular flexibility index (Phi) is 5.78. The molecule has 7 heteroatoms. The van der Waals surface area contributed by atoms with Gasteiger partial charge in [0, 0.05) is 28.8 Å². The SMILES string of the molecule is COCc1c(C(=O)NCC(=O)Nc2cccc(Cl)c2C)oc2ccccc12. The number of fused-ring (bicyclic) bond motifs is 1. The molecule has 2 aromatic carbocycles. The number of halogens is 1. The second kappa shape index (κ2) is 8.24. The summed E-state index contributed by atoms with van der Waals surface area (Å²) in [7, 11) is 1.55. The molecule has 1 aromatic heterocycles. The Morgan fingerprint density at radius 1 is 1.15 bits per heavy atom. The van der Waals surface area contributed by atoms with E-state index >= 15 is 0 Å². The van der Waals surface area contributed by atoms with Gasteiger partial charge in [0.15, 0.2) is 5.76 Å². The van der Waals surface area contributed by atoms with Crippen molar-refractivity contribution in [3.63, 3.8) is 0 Å². The fourth-order valence-electron chi connectivity index (χ4n) is 2.75. The number of para-hydroxylation sites is 1. The van der Waals surface area contributed by atoms with Crippen LogP contribution in [0.5, 0.6) is 0 Å². The summed E-state index contributed by atoms with van der Waals surface area (Å²) in [4.78, 5) is 24.7. The minimum Gasteiger partial charge on any atom is -0.451 e. The highest BCUT2D eigenvalue weighted by atomic mass is 35.5. The Hall–Kier alpha value is -2.83. The Balaban J connectivity index is 1.70. The molecule has 2 N–H and O–H groups in total. The van der Waals surface area contributed by atoms with Gasteiger partial charge in [-0.15, -0.1) is 0 Å². The van der Waals surface area contributed by atoms with Gasteiger partial charge in [0.05, 0.1) is 13.2 Å². The number of furan rings is 1. The maximum atomic E-state index is 12.5. The molecule has 0 aliphatic rings. The topological polar surface area (TPSA) is 80.6 Å². The number of anilines is 1. The van der Waals surface area contributed by atoms with Crippen molar-refractivity contribution in [2.24, 2.45) is 0 Å². The predicted molar refractivity (Wildman–Crippen MR) is 104 cm³/mol. The molecule has 0 saturated heterocycles. The molecule has 0 aliphatic heterocycles. The molecular weight excluding hydrogens is 368 g/mol. The van der Waals surface area contributed by atoms with E-state index in [0.29, 0.717) is 21.9 Å². The van der Waals surface area contributed by atoms with Crippen molar-refractivity contribution in [2.45, 2.75) is 13.5 Å². The molecule has 0 atom stereocenters. The fourth-order valence-corrected chi connectivity index (χ4v) is 2.92. The van der Waals surface area contributed by atoms with E-state index in [-0.39, 0.29) is 24.8 Å². The monoisotopic (exact) mass is 386 g/mol. The lowest BCUT2D eigenvalue weighted by molar-refractivity contribution is -0.115. The van der Waals surface area contributed by atoms with E-state index < -0.39 is 5.91 Å². The van der Waals surface area contributed by atoms with Crippen molar-refractivity contribution in [1.82, 2.24) is 5.32 Å². The van der Waals surface area contributed by atoms with Crippen LogP contribution in [-0.2, 0) is 16.1 Å². The van der Waals surface area contributed by atoms with E-state index in [1.54, 1.807) is 31.4 Å². The normalized spacial score (nSPS) is 10.8. The summed E-state index contributed by atoms with van der Waals surface area (Å²) in [5.41, 5.74) is 2.61. The molecule has 3 aromatic rings. The highest BCUT2D eigenvalue weighted by Gasteiger charge is 2.20. The lowest BCUT2D eigenvalue weighted by Crippen LogP contribution is -2.33. The molecule has 140 valence electrons. The lowest BCUT2D eigenvalue weighted by atomic mass is 10.1. The Bertz CT molecular complexity index is 997. The molecule has 0 bridgehead atoms. The van der Waals surface area contributed by atoms with Crippen molar-refractivity contribution in [3.8, 4) is 0 Å². The number of ether oxygens (including phenoxy) is 1. The first-order valence-electron chi connectivity index (χ1n) is 8.33. The fraction of sp³-hybridized carbons (Fsp3) is 0.200. The van der Waals surface area contributed by atoms with Crippen molar-refractivity contribution < 1.29 is 18.7 Å². The van der Waals surface area contributed by atoms with Gasteiger partial charge in [-0.25, -0.2) is 0 Å². The average Bonchev–Trinajstić information content (AvgIpc) is 3.03. The van der Waals surface area contributed by atoms with Crippen molar-refractivity contribution in [1.29, 1.82) is 0 Å². The number of carbonyl (C=O) groups is 2. The summed E-state index contributed by atoms with van der Waals surface area (Å²) < 4.78 is 10.8. The van der Waals surface area contributed by atoms with Gasteiger partial charge in [-0.05, 0) is 30.7 Å². The third kappa shape index (κ3) is 4.13. The average molecular weight is 387 g/mol. The second-order valence-electron chi connectivity index (χ2n) is 5.98. The molecular formula is C20H19ClN2O4. The van der Waals surface area contributed by atoms with E-state index in [2.05, 4.69) is 10.6 Å². The number of hydrogen-bond donors (Lipinski definition) is 2. The molecule has 0 spiro atoms. The van der Waals surface area contributed by atoms with Gasteiger partial charge in [0.1, 0.15) is 5.58 Å². The maximum Gasteiger partial charge on any atom is 0.287 e. The number of carbonyl (C=O) groups excluding carboxylic acids is 2. The minimum absolute atomic E-state index is 0.143. The number of rotatable bonds is 6. The van der Waals surface area contributed by atoms with Gasteiger partial charge in [-0.2, -0.15) is 0 Å². The first-order chi connectivity index (χ1) is 13.0. The molecule has 0 saturated carbocycles. The molecule has 6 nitrogen and oxygen atoms in total. The molecule has 0 aliphatic carbocycles. The summed E-state index contributed by atoms with van der Waals surface area (Å²) in [6, 6.07) is 12.6. The van der Waals surface area contributed by atoms with Crippen LogP contribution in [0.3, 0.4) is 0 Å². The number of methoxy groups -OCH3 is 1. The number of amides is 2. The van der Waals surface area contributed by atoms with Gasteiger partial charge in [-0.1, -0.05) is 35.9 Å². The zero-order valence-corrected chi connectivity index (χ0v) is 15.7. The van der Waals surface area contributed by atoms with Crippen LogP contribution in [0.2, 0.25) is 5.02 Å². The zero-order chi connectivity index (χ0) is 19.4. The summed E-state index contributed by atoms with van der Waals surface area (Å²) in [6.45, 7) is 1.84. The van der Waals surface area contributed by atoms with Crippen molar-refractivity contribution in [2.75, 3.05) is 19.0 Å². The summed E-state index contributed by atoms with van der Waals surface area (Å²) in [5.74, 6) is -0.695. The standard InChI is InChI=1S/C20H19ClN2O4/c1-12-15(21)7-5-8-16(12)23-18(24)10-22-20(25)19-14(11-26-2)13-6-3-4-9-17(13)27-19/h3-9H,10-11H2,1-2H3,(H,22,25)(H,23,24). The number of nitrogens with one attached hydrogen (secondary N) is 2. The number of hydrogen-bond acceptors (Lipinski definition) is 4. The molecule has 0 unspecified atom stereocenters. The third-order valence-corrected chi connectivity index (χ3v) is 4.55. The third-order valence-electron chi connectivity index (χ3n) is 4.14. The largest absolute Gasteiger partial charge is 0.451 e. The smallest absolute Gasteiger partial charge is 0.287 e. The van der Waals surface area contributed by atoms with Gasteiger partial charge < -0.3 is 19.8 Å². The minimum atomic E-state index is -0.476. The van der Waals surface area contributed by atoms with Gasteiger partial charge in [0.2, 0.25) is 5.91 Å². The Morgan fingerprint density at radius 3 is 2.70 bits per heavy atom. The van der Waals surface area contributed by atoms with Gasteiger partial charge >= 0.3 is 0 Å². The quantitative estimate of drug-likeness (QED) is 0.673. The summed E-state index contributed by atoms with van der Waals surface area (Å²) in [5, 5.41) is 6.68. The second-order valence-corrected chi connectivity index (χ2v) is 6.39. The number of benzene rings is 2. The predicted octanol–water partition coefficient (Wildman–Crippen LogP) is 3.91. The van der Waals surface area contributed by atoms with E-state index in [1.807, 2.05) is 25.1 Å². The molecule has 0 fully saturated rings. The van der Waals surface area contributed by atoms with Crippen LogP contribution in [0.25, 0.3) is 11.0 Å². The first kappa shape index (κ1) is 18.9. The highest BCUT2D eigenvalue weighted by Crippen LogP contribution is 2.26.